The third-order valence-electron chi connectivity index (χ3n) is 1.66. The Kier molecular flexibility index (Phi) is 2.93. The molecule has 8 heteroatoms. The van der Waals surface area contributed by atoms with Gasteiger partial charge in [0.2, 0.25) is 0 Å². The zero-order valence-corrected chi connectivity index (χ0v) is 8.92. The van der Waals surface area contributed by atoms with Gasteiger partial charge in [-0.05, 0) is 12.1 Å². The van der Waals surface area contributed by atoms with Crippen LogP contribution in [0.25, 0.3) is 0 Å². The van der Waals surface area contributed by atoms with E-state index in [0.29, 0.717) is 0 Å². The van der Waals surface area contributed by atoms with Crippen LogP contribution in [0.2, 0.25) is 0 Å². The van der Waals surface area contributed by atoms with Gasteiger partial charge in [-0.25, -0.2) is 4.79 Å². The van der Waals surface area contributed by atoms with E-state index < -0.39 is 26.5 Å². The minimum absolute atomic E-state index is 0.0168. The highest BCUT2D eigenvalue weighted by Gasteiger charge is 2.23. The zero-order valence-electron chi connectivity index (χ0n) is 7.21. The maximum atomic E-state index is 10.8. The molecule has 1 rings (SSSR count). The van der Waals surface area contributed by atoms with Crippen molar-refractivity contribution in [2.24, 2.45) is 0 Å². The number of carboxylic acid groups (broad SMARTS) is 1. The number of aromatic carboxylic acids is 1. The largest absolute Gasteiger partial charge is 0.478 e. The van der Waals surface area contributed by atoms with Crippen molar-refractivity contribution in [3.8, 4) is 0 Å². The maximum absolute atomic E-state index is 10.8. The molecule has 0 spiro atoms. The number of thiol groups is 1. The number of carbonyl (C=O) groups is 1. The molecule has 0 atom stereocenters. The number of hydrogen-bond donors (Lipinski definition) is 4. The highest BCUT2D eigenvalue weighted by atomic mass is 32.2. The Morgan fingerprint density at radius 2 is 1.93 bits per heavy atom. The molecule has 82 valence electrons. The maximum Gasteiger partial charge on any atom is 0.338 e. The van der Waals surface area contributed by atoms with E-state index in [4.69, 9.17) is 15.4 Å². The van der Waals surface area contributed by atoms with E-state index in [2.05, 4.69) is 12.6 Å². The Morgan fingerprint density at radius 1 is 1.40 bits per heavy atom. The molecule has 0 aliphatic carbocycles. The molecule has 6 nitrogen and oxygen atoms in total. The molecule has 0 aliphatic heterocycles. The standard InChI is InChI=1S/C7H7NO5S2/c8-3-1-2-4(15(11,12)13)5(6(3)14)7(9)10/h1-2,14H,8H2,(H,9,10)(H,11,12,13). The van der Waals surface area contributed by atoms with Gasteiger partial charge >= 0.3 is 5.97 Å². The van der Waals surface area contributed by atoms with Crippen molar-refractivity contribution in [2.45, 2.75) is 9.79 Å². The van der Waals surface area contributed by atoms with Crippen LogP contribution in [0.5, 0.6) is 0 Å². The molecule has 0 saturated heterocycles. The van der Waals surface area contributed by atoms with Crippen LogP contribution < -0.4 is 5.73 Å². The molecule has 0 aromatic heterocycles. The molecule has 1 aromatic rings. The first-order valence-corrected chi connectivity index (χ1v) is 5.46. The molecule has 0 amide bonds. The van der Waals surface area contributed by atoms with Crippen LogP contribution in [0.1, 0.15) is 10.4 Å². The molecule has 0 heterocycles. The minimum atomic E-state index is -4.60. The molecule has 0 radical (unpaired) electrons. The van der Waals surface area contributed by atoms with Gasteiger partial charge < -0.3 is 10.8 Å². The Hall–Kier alpha value is -1.25. The normalized spacial score (nSPS) is 11.3. The number of nitrogens with two attached hydrogens (primary N) is 1. The summed E-state index contributed by atoms with van der Waals surface area (Å²) in [5.41, 5.74) is 4.73. The van der Waals surface area contributed by atoms with Crippen molar-refractivity contribution in [1.29, 1.82) is 0 Å². The van der Waals surface area contributed by atoms with E-state index in [1.807, 2.05) is 0 Å². The average Bonchev–Trinajstić information content (AvgIpc) is 2.06. The Bertz CT molecular complexity index is 522. The summed E-state index contributed by atoms with van der Waals surface area (Å²) >= 11 is 3.77. The van der Waals surface area contributed by atoms with E-state index in [9.17, 15) is 13.2 Å². The van der Waals surface area contributed by atoms with Gasteiger partial charge in [0.1, 0.15) is 4.90 Å². The summed E-state index contributed by atoms with van der Waals surface area (Å²) in [5, 5.41) is 8.75. The van der Waals surface area contributed by atoms with Crippen molar-refractivity contribution in [2.75, 3.05) is 5.73 Å². The summed E-state index contributed by atoms with van der Waals surface area (Å²) in [6, 6.07) is 2.06. The van der Waals surface area contributed by atoms with Crippen LogP contribution in [0.15, 0.2) is 21.9 Å². The predicted molar refractivity (Wildman–Crippen MR) is 54.9 cm³/mol. The highest BCUT2D eigenvalue weighted by molar-refractivity contribution is 7.86. The molecule has 0 aliphatic rings. The number of rotatable bonds is 2. The van der Waals surface area contributed by atoms with Crippen molar-refractivity contribution >= 4 is 34.4 Å². The molecule has 15 heavy (non-hydrogen) atoms. The van der Waals surface area contributed by atoms with Crippen molar-refractivity contribution < 1.29 is 22.9 Å². The molecular formula is C7H7NO5S2. The summed E-state index contributed by atoms with van der Waals surface area (Å²) in [6.07, 6.45) is 0. The van der Waals surface area contributed by atoms with Gasteiger partial charge in [-0.2, -0.15) is 8.42 Å². The molecule has 1 aromatic carbocycles. The number of hydrogen-bond acceptors (Lipinski definition) is 5. The number of carboxylic acids is 1. The van der Waals surface area contributed by atoms with E-state index >= 15 is 0 Å². The van der Waals surface area contributed by atoms with Crippen molar-refractivity contribution in [1.82, 2.24) is 0 Å². The van der Waals surface area contributed by atoms with Gasteiger partial charge in [-0.15, -0.1) is 12.6 Å². The highest BCUT2D eigenvalue weighted by Crippen LogP contribution is 2.27. The lowest BCUT2D eigenvalue weighted by Crippen LogP contribution is -2.10. The first kappa shape index (κ1) is 11.8. The fraction of sp³-hybridized carbons (Fsp3) is 0. The average molecular weight is 249 g/mol. The van der Waals surface area contributed by atoms with E-state index in [0.717, 1.165) is 12.1 Å². The second-order valence-electron chi connectivity index (χ2n) is 2.66. The number of anilines is 1. The fourth-order valence-corrected chi connectivity index (χ4v) is 2.06. The van der Waals surface area contributed by atoms with Crippen LogP contribution in [-0.4, -0.2) is 24.0 Å². The van der Waals surface area contributed by atoms with Crippen molar-refractivity contribution in [3.05, 3.63) is 17.7 Å². The predicted octanol–water partition coefficient (Wildman–Crippen LogP) is 0.502. The second kappa shape index (κ2) is 3.72. The third-order valence-corrected chi connectivity index (χ3v) is 3.04. The molecule has 0 bridgehead atoms. The van der Waals surface area contributed by atoms with Gasteiger partial charge in [-0.1, -0.05) is 0 Å². The van der Waals surface area contributed by atoms with Crippen molar-refractivity contribution in [3.63, 3.8) is 0 Å². The minimum Gasteiger partial charge on any atom is -0.478 e. The molecule has 0 unspecified atom stereocenters. The first-order valence-electron chi connectivity index (χ1n) is 3.57. The summed E-state index contributed by atoms with van der Waals surface area (Å²) in [5.74, 6) is -1.53. The lowest BCUT2D eigenvalue weighted by atomic mass is 10.2. The van der Waals surface area contributed by atoms with Crippen LogP contribution in [0, 0.1) is 0 Å². The lowest BCUT2D eigenvalue weighted by molar-refractivity contribution is 0.0688. The summed E-state index contributed by atoms with van der Waals surface area (Å²) in [4.78, 5) is 9.84. The second-order valence-corrected chi connectivity index (χ2v) is 4.49. The molecule has 0 saturated carbocycles. The van der Waals surface area contributed by atoms with E-state index in [1.165, 1.54) is 0 Å². The third kappa shape index (κ3) is 2.22. The van der Waals surface area contributed by atoms with Gasteiger partial charge in [0.15, 0.2) is 0 Å². The topological polar surface area (TPSA) is 118 Å². The first-order chi connectivity index (χ1) is 6.75. The molecular weight excluding hydrogens is 242 g/mol. The Balaban J connectivity index is 3.70. The van der Waals surface area contributed by atoms with Gasteiger partial charge in [0, 0.05) is 10.6 Å². The number of benzene rings is 1. The fourth-order valence-electron chi connectivity index (χ4n) is 1.01. The number of nitrogen functional groups attached to an aromatic ring is 1. The Labute approximate surface area is 90.9 Å². The van der Waals surface area contributed by atoms with Crippen LogP contribution in [-0.2, 0) is 10.1 Å². The van der Waals surface area contributed by atoms with Gasteiger partial charge in [-0.3, -0.25) is 4.55 Å². The van der Waals surface area contributed by atoms with Crippen LogP contribution in [0.4, 0.5) is 5.69 Å². The monoisotopic (exact) mass is 249 g/mol. The summed E-state index contributed by atoms with van der Waals surface area (Å²) < 4.78 is 30.4. The molecule has 0 fully saturated rings. The van der Waals surface area contributed by atoms with Crippen LogP contribution in [0.3, 0.4) is 0 Å². The smallest absolute Gasteiger partial charge is 0.338 e. The van der Waals surface area contributed by atoms with Gasteiger partial charge in [0.05, 0.1) is 5.56 Å². The summed E-state index contributed by atoms with van der Waals surface area (Å²) in [6.45, 7) is 0. The molecule has 4 N–H and O–H groups in total. The SMILES string of the molecule is Nc1ccc(S(=O)(=O)O)c(C(=O)O)c1S. The van der Waals surface area contributed by atoms with Crippen LogP contribution >= 0.6 is 12.6 Å². The quantitative estimate of drug-likeness (QED) is 0.344. The zero-order chi connectivity index (χ0) is 11.8. The lowest BCUT2D eigenvalue weighted by Gasteiger charge is -2.07. The van der Waals surface area contributed by atoms with E-state index in [1.54, 1.807) is 0 Å². The van der Waals surface area contributed by atoms with Gasteiger partial charge in [0.25, 0.3) is 10.1 Å². The van der Waals surface area contributed by atoms with E-state index in [-0.39, 0.29) is 10.6 Å². The summed E-state index contributed by atoms with van der Waals surface area (Å²) in [7, 11) is -4.60. The Morgan fingerprint density at radius 3 is 2.33 bits per heavy atom.